The van der Waals surface area contributed by atoms with Gasteiger partial charge in [0.25, 0.3) is 0 Å². The average molecular weight is 647 g/mol. The van der Waals surface area contributed by atoms with Gasteiger partial charge in [0, 0.05) is 26.9 Å². The summed E-state index contributed by atoms with van der Waals surface area (Å²) in [5.74, 6) is -3.46. The first-order chi connectivity index (χ1) is 22.2. The molecular weight excluding hydrogens is 601 g/mol. The van der Waals surface area contributed by atoms with Crippen molar-refractivity contribution in [1.29, 1.82) is 0 Å². The average Bonchev–Trinajstić information content (AvgIpc) is 3.05. The fraction of sp³-hybridized carbons (Fsp3) is 0.500. The van der Waals surface area contributed by atoms with Crippen molar-refractivity contribution < 1.29 is 46.4 Å². The van der Waals surface area contributed by atoms with Crippen LogP contribution in [0.5, 0.6) is 5.75 Å². The van der Waals surface area contributed by atoms with Gasteiger partial charge >= 0.3 is 18.1 Å². The predicted octanol–water partition coefficient (Wildman–Crippen LogP) is 8.28. The van der Waals surface area contributed by atoms with E-state index < -0.39 is 29.6 Å². The number of esters is 2. The van der Waals surface area contributed by atoms with Gasteiger partial charge in [-0.25, -0.2) is 4.79 Å². The Morgan fingerprint density at radius 1 is 0.761 bits per heavy atom. The molecule has 3 rings (SSSR count). The van der Waals surface area contributed by atoms with Gasteiger partial charge in [0.15, 0.2) is 0 Å². The van der Waals surface area contributed by atoms with Gasteiger partial charge < -0.3 is 23.7 Å². The molecule has 0 saturated carbocycles. The number of unbranched alkanes of at least 4 members (excludes halogenated alkanes) is 6. The van der Waals surface area contributed by atoms with Gasteiger partial charge in [-0.15, -0.1) is 0 Å². The van der Waals surface area contributed by atoms with E-state index in [0.717, 1.165) is 80.6 Å². The molecule has 0 aromatic heterocycles. The van der Waals surface area contributed by atoms with Crippen LogP contribution in [0.2, 0.25) is 0 Å². The van der Waals surface area contributed by atoms with Gasteiger partial charge in [-0.05, 0) is 86.9 Å². The molecule has 0 fully saturated rings. The van der Waals surface area contributed by atoms with Crippen molar-refractivity contribution in [3.05, 3.63) is 78.4 Å². The van der Waals surface area contributed by atoms with Crippen LogP contribution >= 0.6 is 0 Å². The van der Waals surface area contributed by atoms with Crippen LogP contribution in [-0.2, 0) is 23.7 Å². The monoisotopic (exact) mass is 646 g/mol. The molecule has 1 aliphatic carbocycles. The Labute approximate surface area is 269 Å². The molecule has 0 amide bonds. The summed E-state index contributed by atoms with van der Waals surface area (Å²) >= 11 is 0. The zero-order valence-corrected chi connectivity index (χ0v) is 26.7. The highest BCUT2D eigenvalue weighted by molar-refractivity contribution is 5.91. The van der Waals surface area contributed by atoms with Crippen LogP contribution in [0.25, 0.3) is 11.1 Å². The van der Waals surface area contributed by atoms with Crippen LogP contribution < -0.4 is 4.74 Å². The Kier molecular flexibility index (Phi) is 15.3. The van der Waals surface area contributed by atoms with Gasteiger partial charge in [0.2, 0.25) is 5.60 Å². The summed E-state index contributed by atoms with van der Waals surface area (Å²) in [6.45, 7) is 4.53. The smallest absolute Gasteiger partial charge is 0.433 e. The molecule has 7 nitrogen and oxygen atoms in total. The molecule has 46 heavy (non-hydrogen) atoms. The molecular formula is C36H45F3O7. The third-order valence-corrected chi connectivity index (χ3v) is 7.63. The summed E-state index contributed by atoms with van der Waals surface area (Å²) < 4.78 is 70.1. The molecule has 0 radical (unpaired) electrons. The number of benzene rings is 2. The molecule has 0 saturated heterocycles. The van der Waals surface area contributed by atoms with Gasteiger partial charge in [-0.2, -0.15) is 13.2 Å². The van der Waals surface area contributed by atoms with E-state index in [0.29, 0.717) is 32.3 Å². The van der Waals surface area contributed by atoms with Crippen molar-refractivity contribution in [3.8, 4) is 16.9 Å². The van der Waals surface area contributed by atoms with Crippen LogP contribution in [0.3, 0.4) is 0 Å². The lowest BCUT2D eigenvalue weighted by Crippen LogP contribution is -2.56. The summed E-state index contributed by atoms with van der Waals surface area (Å²) in [4.78, 5) is 25.9. The number of methoxy groups -OCH3 is 1. The van der Waals surface area contributed by atoms with E-state index in [4.69, 9.17) is 23.7 Å². The molecule has 0 aliphatic heterocycles. The van der Waals surface area contributed by atoms with Crippen molar-refractivity contribution in [1.82, 2.24) is 0 Å². The van der Waals surface area contributed by atoms with Crippen LogP contribution in [-0.4, -0.2) is 63.9 Å². The minimum atomic E-state index is -5.08. The minimum absolute atomic E-state index is 0.0344. The number of alkyl halides is 3. The lowest BCUT2D eigenvalue weighted by atomic mass is 9.82. The first-order valence-electron chi connectivity index (χ1n) is 15.9. The van der Waals surface area contributed by atoms with Crippen LogP contribution in [0.4, 0.5) is 13.2 Å². The first-order valence-corrected chi connectivity index (χ1v) is 15.9. The highest BCUT2D eigenvalue weighted by Gasteiger charge is 2.64. The largest absolute Gasteiger partial charge is 0.494 e. The Balaban J connectivity index is 1.58. The molecule has 1 aliphatic rings. The topological polar surface area (TPSA) is 80.3 Å². The maximum atomic E-state index is 14.6. The molecule has 2 aromatic rings. The lowest BCUT2D eigenvalue weighted by Gasteiger charge is -2.37. The van der Waals surface area contributed by atoms with E-state index in [1.165, 1.54) is 18.2 Å². The number of ether oxygens (including phenoxy) is 5. The predicted molar refractivity (Wildman–Crippen MR) is 170 cm³/mol. The molecule has 0 spiro atoms. The molecule has 0 N–H and O–H groups in total. The summed E-state index contributed by atoms with van der Waals surface area (Å²) in [5.41, 5.74) is -1.69. The van der Waals surface area contributed by atoms with E-state index >= 15 is 0 Å². The summed E-state index contributed by atoms with van der Waals surface area (Å²) in [6.07, 6.45) is 6.18. The molecule has 0 bridgehead atoms. The van der Waals surface area contributed by atoms with E-state index in [9.17, 15) is 22.8 Å². The quantitative estimate of drug-likeness (QED) is 0.106. The van der Waals surface area contributed by atoms with Crippen molar-refractivity contribution in [2.45, 2.75) is 70.1 Å². The van der Waals surface area contributed by atoms with E-state index in [1.807, 2.05) is 31.2 Å². The van der Waals surface area contributed by atoms with Crippen molar-refractivity contribution in [3.63, 3.8) is 0 Å². The van der Waals surface area contributed by atoms with Gasteiger partial charge in [0.05, 0.1) is 18.8 Å². The van der Waals surface area contributed by atoms with Gasteiger partial charge in [-0.3, -0.25) is 4.79 Å². The van der Waals surface area contributed by atoms with E-state index in [-0.39, 0.29) is 12.2 Å². The molecule has 2 atom stereocenters. The molecule has 252 valence electrons. The minimum Gasteiger partial charge on any atom is -0.494 e. The Morgan fingerprint density at radius 2 is 1.35 bits per heavy atom. The van der Waals surface area contributed by atoms with Crippen molar-refractivity contribution >= 4 is 11.9 Å². The number of hydrogen-bond acceptors (Lipinski definition) is 7. The maximum absolute atomic E-state index is 14.6. The summed E-state index contributed by atoms with van der Waals surface area (Å²) in [7, 11) is 1.70. The number of hydrogen-bond donors (Lipinski definition) is 0. The van der Waals surface area contributed by atoms with Gasteiger partial charge in [0.1, 0.15) is 11.7 Å². The molecule has 2 aromatic carbocycles. The number of carbonyl (C=O) groups is 2. The van der Waals surface area contributed by atoms with Crippen LogP contribution in [0.1, 0.15) is 68.6 Å². The SMILES string of the molecule is CCOCCCCCCOC(=O)C1C=CC=C[C@]1(OC(=O)c1ccc(-c2ccc(OCCCCCCOC)cc2)cc1)C(F)(F)F. The standard InChI is InChI=1S/C36H45F3O7/c1-3-43-25-11-5-7-13-27-45-34(41)32-14-8-9-23-35(32,36(37,38)39)46-33(40)30-17-15-28(16-18-30)29-19-21-31(22-20-29)44-26-12-6-4-10-24-42-2/h8-9,14-23,32H,3-7,10-13,24-27H2,1-2H3/t32?,35-/m1/s1. The lowest BCUT2D eigenvalue weighted by molar-refractivity contribution is -0.254. The fourth-order valence-electron chi connectivity index (χ4n) is 5.01. The van der Waals surface area contributed by atoms with Crippen LogP contribution in [0.15, 0.2) is 72.8 Å². The maximum Gasteiger partial charge on any atom is 0.433 e. The molecule has 0 heterocycles. The summed E-state index contributed by atoms with van der Waals surface area (Å²) in [6, 6.07) is 13.5. The summed E-state index contributed by atoms with van der Waals surface area (Å²) in [5, 5.41) is 0. The first kappa shape index (κ1) is 36.8. The third-order valence-electron chi connectivity index (χ3n) is 7.63. The Bertz CT molecular complexity index is 1260. The second-order valence-corrected chi connectivity index (χ2v) is 11.0. The Hall–Kier alpha value is -3.63. The zero-order chi connectivity index (χ0) is 33.3. The van der Waals surface area contributed by atoms with E-state index in [2.05, 4.69) is 0 Å². The van der Waals surface area contributed by atoms with Crippen molar-refractivity contribution in [2.75, 3.05) is 40.1 Å². The van der Waals surface area contributed by atoms with Crippen LogP contribution in [0, 0.1) is 5.92 Å². The zero-order valence-electron chi connectivity index (χ0n) is 26.7. The second kappa shape index (κ2) is 19.1. The second-order valence-electron chi connectivity index (χ2n) is 11.0. The van der Waals surface area contributed by atoms with Gasteiger partial charge in [-0.1, -0.05) is 55.3 Å². The van der Waals surface area contributed by atoms with Crippen molar-refractivity contribution in [2.24, 2.45) is 5.92 Å². The third kappa shape index (κ3) is 11.0. The Morgan fingerprint density at radius 3 is 1.96 bits per heavy atom. The number of halogens is 3. The highest BCUT2D eigenvalue weighted by Crippen LogP contribution is 2.44. The normalized spacial score (nSPS) is 17.5. The highest BCUT2D eigenvalue weighted by atomic mass is 19.4. The fourth-order valence-corrected chi connectivity index (χ4v) is 5.01. The number of rotatable bonds is 20. The molecule has 10 heteroatoms. The molecule has 1 unspecified atom stereocenters. The number of allylic oxidation sites excluding steroid dienone is 2. The van der Waals surface area contributed by atoms with E-state index in [1.54, 1.807) is 19.2 Å². The number of carbonyl (C=O) groups excluding carboxylic acids is 2.